The Morgan fingerprint density at radius 3 is 1.52 bits per heavy atom. The second-order valence-electron chi connectivity index (χ2n) is 15.2. The maximum atomic E-state index is 5.11. The van der Waals surface area contributed by atoms with Gasteiger partial charge < -0.3 is 9.13 Å². The first kappa shape index (κ1) is 32.6. The molecule has 0 aliphatic heterocycles. The van der Waals surface area contributed by atoms with E-state index in [1.54, 1.807) is 0 Å². The highest BCUT2D eigenvalue weighted by Gasteiger charge is 2.28. The number of nitrogens with zero attached hydrogens (tertiary/aromatic N) is 5. The molecule has 58 heavy (non-hydrogen) atoms. The van der Waals surface area contributed by atoms with Gasteiger partial charge in [0.2, 0.25) is 0 Å². The molecule has 1 aliphatic rings. The summed E-state index contributed by atoms with van der Waals surface area (Å²) < 4.78 is 5.00. The van der Waals surface area contributed by atoms with Crippen molar-refractivity contribution in [3.8, 4) is 56.7 Å². The van der Waals surface area contributed by atoms with Crippen LogP contribution in [0.15, 0.2) is 188 Å². The van der Waals surface area contributed by atoms with Gasteiger partial charge in [0.15, 0.2) is 17.5 Å². The standard InChI is InChI=1S/C53H35N5/c1-5-16-34(17-6-1)40-30-37-28-29-38-32-44-43-26-13-14-27-45(43)58(49(44)50-48(38)47(37)46(33-40)57(50)41-23-11-4-12-24-41)42-25-15-22-39(31-42)53-55-51(35-18-7-2-8-19-35)54-52(56-53)36-20-9-3-10-21-36/h1-27,30-33H,28-29H2. The molecule has 0 N–H and O–H groups in total. The average Bonchev–Trinajstić information content (AvgIpc) is 3.83. The minimum Gasteiger partial charge on any atom is -0.307 e. The normalized spacial score (nSPS) is 12.3. The number of rotatable bonds is 6. The van der Waals surface area contributed by atoms with E-state index in [4.69, 9.17) is 15.0 Å². The molecule has 5 nitrogen and oxygen atoms in total. The Bertz CT molecular complexity index is 3310. The molecule has 5 heteroatoms. The van der Waals surface area contributed by atoms with Gasteiger partial charge >= 0.3 is 0 Å². The Hall–Kier alpha value is -7.63. The molecule has 8 aromatic carbocycles. The maximum Gasteiger partial charge on any atom is 0.164 e. The summed E-state index contributed by atoms with van der Waals surface area (Å²) in [7, 11) is 0. The van der Waals surface area contributed by atoms with E-state index in [2.05, 4.69) is 161 Å². The number of hydrogen-bond acceptors (Lipinski definition) is 3. The molecule has 0 fully saturated rings. The third-order valence-electron chi connectivity index (χ3n) is 11.8. The molecular formula is C53H35N5. The van der Waals surface area contributed by atoms with Crippen molar-refractivity contribution in [1.82, 2.24) is 24.1 Å². The van der Waals surface area contributed by atoms with Crippen molar-refractivity contribution < 1.29 is 0 Å². The molecule has 0 atom stereocenters. The van der Waals surface area contributed by atoms with Crippen LogP contribution in [0.3, 0.4) is 0 Å². The van der Waals surface area contributed by atoms with Crippen LogP contribution in [-0.4, -0.2) is 24.1 Å². The lowest BCUT2D eigenvalue weighted by Gasteiger charge is -2.16. The van der Waals surface area contributed by atoms with Gasteiger partial charge in [0.05, 0.1) is 22.1 Å². The Balaban J connectivity index is 1.17. The zero-order valence-electron chi connectivity index (χ0n) is 31.5. The fraction of sp³-hybridized carbons (Fsp3) is 0.0377. The van der Waals surface area contributed by atoms with E-state index in [1.165, 1.54) is 60.3 Å². The number of aromatic nitrogens is 5. The van der Waals surface area contributed by atoms with Crippen LogP contribution < -0.4 is 0 Å². The van der Waals surface area contributed by atoms with Crippen LogP contribution in [0.1, 0.15) is 11.1 Å². The predicted molar refractivity (Wildman–Crippen MR) is 238 cm³/mol. The Labute approximate surface area is 335 Å². The largest absolute Gasteiger partial charge is 0.307 e. The minimum absolute atomic E-state index is 0.633. The van der Waals surface area contributed by atoms with Crippen LogP contribution in [0.25, 0.3) is 100 Å². The number of aryl methyl sites for hydroxylation is 2. The summed E-state index contributed by atoms with van der Waals surface area (Å²) in [5.74, 6) is 1.93. The van der Waals surface area contributed by atoms with Crippen molar-refractivity contribution in [3.63, 3.8) is 0 Å². The lowest BCUT2D eigenvalue weighted by molar-refractivity contribution is 0.971. The number of para-hydroxylation sites is 2. The van der Waals surface area contributed by atoms with Gasteiger partial charge in [0.1, 0.15) is 0 Å². The molecule has 11 aromatic rings. The summed E-state index contributed by atoms with van der Waals surface area (Å²) in [6, 6.07) is 66.9. The van der Waals surface area contributed by atoms with Crippen molar-refractivity contribution in [3.05, 3.63) is 199 Å². The van der Waals surface area contributed by atoms with E-state index >= 15 is 0 Å². The van der Waals surface area contributed by atoms with E-state index in [0.717, 1.165) is 46.4 Å². The molecule has 12 rings (SSSR count). The quantitative estimate of drug-likeness (QED) is 0.170. The fourth-order valence-electron chi connectivity index (χ4n) is 9.23. The summed E-state index contributed by atoms with van der Waals surface area (Å²) in [5.41, 5.74) is 15.1. The minimum atomic E-state index is 0.633. The van der Waals surface area contributed by atoms with Gasteiger partial charge in [-0.05, 0) is 77.6 Å². The molecule has 272 valence electrons. The average molecular weight is 742 g/mol. The number of benzene rings is 8. The molecule has 0 unspecified atom stereocenters. The van der Waals surface area contributed by atoms with Gasteiger partial charge in [-0.1, -0.05) is 146 Å². The smallest absolute Gasteiger partial charge is 0.164 e. The lowest BCUT2D eigenvalue weighted by Crippen LogP contribution is -2.02. The van der Waals surface area contributed by atoms with Gasteiger partial charge in [-0.15, -0.1) is 0 Å². The van der Waals surface area contributed by atoms with Crippen LogP contribution in [-0.2, 0) is 12.8 Å². The summed E-state index contributed by atoms with van der Waals surface area (Å²) in [6.07, 6.45) is 2.00. The molecule has 0 amide bonds. The van der Waals surface area contributed by atoms with Gasteiger partial charge in [0, 0.05) is 49.6 Å². The van der Waals surface area contributed by atoms with Crippen molar-refractivity contribution in [2.75, 3.05) is 0 Å². The lowest BCUT2D eigenvalue weighted by atomic mass is 9.88. The molecule has 1 aliphatic carbocycles. The zero-order chi connectivity index (χ0) is 38.2. The second kappa shape index (κ2) is 13.0. The van der Waals surface area contributed by atoms with Crippen LogP contribution >= 0.6 is 0 Å². The summed E-state index contributed by atoms with van der Waals surface area (Å²) in [5, 5.41) is 5.21. The topological polar surface area (TPSA) is 48.5 Å². The van der Waals surface area contributed by atoms with Crippen LogP contribution in [0.4, 0.5) is 0 Å². The molecule has 0 spiro atoms. The van der Waals surface area contributed by atoms with Crippen molar-refractivity contribution in [1.29, 1.82) is 0 Å². The highest BCUT2D eigenvalue weighted by atomic mass is 15.1. The van der Waals surface area contributed by atoms with Crippen LogP contribution in [0, 0.1) is 0 Å². The van der Waals surface area contributed by atoms with Crippen molar-refractivity contribution >= 4 is 43.6 Å². The van der Waals surface area contributed by atoms with Crippen molar-refractivity contribution in [2.24, 2.45) is 0 Å². The first-order valence-electron chi connectivity index (χ1n) is 19.9. The van der Waals surface area contributed by atoms with E-state index in [0.29, 0.717) is 17.5 Å². The first-order chi connectivity index (χ1) is 28.8. The molecule has 3 aromatic heterocycles. The Morgan fingerprint density at radius 2 is 0.845 bits per heavy atom. The molecule has 0 saturated carbocycles. The second-order valence-corrected chi connectivity index (χ2v) is 15.2. The Morgan fingerprint density at radius 1 is 0.328 bits per heavy atom. The van der Waals surface area contributed by atoms with E-state index < -0.39 is 0 Å². The van der Waals surface area contributed by atoms with Crippen LogP contribution in [0.5, 0.6) is 0 Å². The molecule has 0 bridgehead atoms. The summed E-state index contributed by atoms with van der Waals surface area (Å²) >= 11 is 0. The van der Waals surface area contributed by atoms with Crippen molar-refractivity contribution in [2.45, 2.75) is 12.8 Å². The third-order valence-corrected chi connectivity index (χ3v) is 11.8. The van der Waals surface area contributed by atoms with Gasteiger partial charge in [-0.2, -0.15) is 0 Å². The third kappa shape index (κ3) is 5.07. The molecule has 0 radical (unpaired) electrons. The molecule has 0 saturated heterocycles. The SMILES string of the molecule is c1ccc(-c2cc3c4c5c(cc6c7ccccc7n(-c7cccc(-c8nc(-c9ccccc9)nc(-c9ccccc9)n8)c7)c6c5n(-c5ccccc5)c4c2)CC3)cc1. The Kier molecular flexibility index (Phi) is 7.29. The van der Waals surface area contributed by atoms with E-state index in [9.17, 15) is 0 Å². The van der Waals surface area contributed by atoms with Crippen LogP contribution in [0.2, 0.25) is 0 Å². The van der Waals surface area contributed by atoms with E-state index in [-0.39, 0.29) is 0 Å². The fourth-order valence-corrected chi connectivity index (χ4v) is 9.23. The highest BCUT2D eigenvalue weighted by Crippen LogP contribution is 2.47. The van der Waals surface area contributed by atoms with Gasteiger partial charge in [0.25, 0.3) is 0 Å². The maximum absolute atomic E-state index is 5.11. The summed E-state index contributed by atoms with van der Waals surface area (Å²) in [6.45, 7) is 0. The number of fused-ring (bicyclic) bond motifs is 4. The predicted octanol–water partition coefficient (Wildman–Crippen LogP) is 12.8. The summed E-state index contributed by atoms with van der Waals surface area (Å²) in [4.78, 5) is 15.2. The zero-order valence-corrected chi connectivity index (χ0v) is 31.5. The highest BCUT2D eigenvalue weighted by molar-refractivity contribution is 6.26. The first-order valence-corrected chi connectivity index (χ1v) is 19.9. The van der Waals surface area contributed by atoms with Gasteiger partial charge in [-0.25, -0.2) is 15.0 Å². The molecular weight excluding hydrogens is 707 g/mol. The van der Waals surface area contributed by atoms with Gasteiger partial charge in [-0.3, -0.25) is 0 Å². The monoisotopic (exact) mass is 741 g/mol. The van der Waals surface area contributed by atoms with E-state index in [1.807, 2.05) is 36.4 Å². The number of hydrogen-bond donors (Lipinski definition) is 0. The molecule has 3 heterocycles.